The van der Waals surface area contributed by atoms with Crippen LogP contribution in [0.2, 0.25) is 0 Å². The van der Waals surface area contributed by atoms with E-state index in [1.807, 2.05) is 12.1 Å². The van der Waals surface area contributed by atoms with E-state index in [2.05, 4.69) is 34.5 Å². The maximum atomic E-state index is 5.55. The molecule has 130 valence electrons. The molecule has 1 rings (SSSR count). The fraction of sp³-hybridized carbons (Fsp3) is 0.647. The van der Waals surface area contributed by atoms with Gasteiger partial charge in [-0.3, -0.25) is 0 Å². The SMILES string of the molecule is CCCCOCCCNC(=NCc1ccnc(OC)c1)NCC. The summed E-state index contributed by atoms with van der Waals surface area (Å²) in [6, 6.07) is 3.84. The normalized spacial score (nSPS) is 11.3. The number of hydrogen-bond acceptors (Lipinski definition) is 4. The van der Waals surface area contributed by atoms with Crippen LogP contribution in [0.1, 0.15) is 38.7 Å². The summed E-state index contributed by atoms with van der Waals surface area (Å²) in [4.78, 5) is 8.67. The highest BCUT2D eigenvalue weighted by Gasteiger charge is 1.99. The van der Waals surface area contributed by atoms with Gasteiger partial charge in [0.2, 0.25) is 5.88 Å². The van der Waals surface area contributed by atoms with Crippen molar-refractivity contribution in [2.75, 3.05) is 33.4 Å². The fourth-order valence-corrected chi connectivity index (χ4v) is 1.90. The van der Waals surface area contributed by atoms with Crippen molar-refractivity contribution in [1.82, 2.24) is 15.6 Å². The van der Waals surface area contributed by atoms with Crippen molar-refractivity contribution >= 4 is 5.96 Å². The molecule has 6 nitrogen and oxygen atoms in total. The minimum absolute atomic E-state index is 0.585. The largest absolute Gasteiger partial charge is 0.481 e. The molecule has 0 saturated carbocycles. The Labute approximate surface area is 139 Å². The lowest BCUT2D eigenvalue weighted by Crippen LogP contribution is -2.38. The van der Waals surface area contributed by atoms with Gasteiger partial charge in [-0.05, 0) is 31.4 Å². The molecule has 0 saturated heterocycles. The lowest BCUT2D eigenvalue weighted by Gasteiger charge is -2.11. The molecule has 0 aliphatic heterocycles. The summed E-state index contributed by atoms with van der Waals surface area (Å²) in [6.07, 6.45) is 5.01. The Morgan fingerprint density at radius 1 is 1.22 bits per heavy atom. The second-order valence-corrected chi connectivity index (χ2v) is 5.15. The third-order valence-corrected chi connectivity index (χ3v) is 3.17. The van der Waals surface area contributed by atoms with Gasteiger partial charge in [-0.25, -0.2) is 9.98 Å². The number of rotatable bonds is 11. The van der Waals surface area contributed by atoms with E-state index in [4.69, 9.17) is 9.47 Å². The molecule has 23 heavy (non-hydrogen) atoms. The average Bonchev–Trinajstić information content (AvgIpc) is 2.59. The number of nitrogens with zero attached hydrogens (tertiary/aromatic N) is 2. The van der Waals surface area contributed by atoms with Crippen LogP contribution in [0.15, 0.2) is 23.3 Å². The number of guanidine groups is 1. The van der Waals surface area contributed by atoms with E-state index in [0.29, 0.717) is 12.4 Å². The summed E-state index contributed by atoms with van der Waals surface area (Å²) in [6.45, 7) is 8.13. The van der Waals surface area contributed by atoms with Crippen LogP contribution < -0.4 is 15.4 Å². The molecule has 0 radical (unpaired) electrons. The van der Waals surface area contributed by atoms with Gasteiger partial charge in [-0.15, -0.1) is 0 Å². The van der Waals surface area contributed by atoms with Crippen LogP contribution in [-0.2, 0) is 11.3 Å². The zero-order valence-corrected chi connectivity index (χ0v) is 14.6. The quantitative estimate of drug-likeness (QED) is 0.372. The van der Waals surface area contributed by atoms with Gasteiger partial charge in [0.05, 0.1) is 13.7 Å². The molecule has 1 aromatic heterocycles. The molecule has 0 unspecified atom stereocenters. The third-order valence-electron chi connectivity index (χ3n) is 3.17. The molecule has 1 aromatic rings. The first-order valence-electron chi connectivity index (χ1n) is 8.39. The van der Waals surface area contributed by atoms with Crippen LogP contribution in [0, 0.1) is 0 Å². The van der Waals surface area contributed by atoms with Crippen molar-refractivity contribution in [2.45, 2.75) is 39.7 Å². The molecule has 0 fully saturated rings. The van der Waals surface area contributed by atoms with Gasteiger partial charge in [0.1, 0.15) is 0 Å². The molecule has 0 atom stereocenters. The number of pyridine rings is 1. The maximum absolute atomic E-state index is 5.55. The molecule has 0 aliphatic rings. The Hall–Kier alpha value is -1.82. The summed E-state index contributed by atoms with van der Waals surface area (Å²) < 4.78 is 10.7. The van der Waals surface area contributed by atoms with E-state index in [1.54, 1.807) is 13.3 Å². The van der Waals surface area contributed by atoms with E-state index in [-0.39, 0.29) is 0 Å². The van der Waals surface area contributed by atoms with Crippen molar-refractivity contribution in [3.8, 4) is 5.88 Å². The van der Waals surface area contributed by atoms with E-state index in [9.17, 15) is 0 Å². The Bertz CT molecular complexity index is 452. The minimum atomic E-state index is 0.585. The minimum Gasteiger partial charge on any atom is -0.481 e. The Balaban J connectivity index is 2.34. The molecule has 0 spiro atoms. The standard InChI is InChI=1S/C17H30N4O2/c1-4-6-11-23-12-7-9-20-17(18-5-2)21-14-15-8-10-19-16(13-15)22-3/h8,10,13H,4-7,9,11-12,14H2,1-3H3,(H2,18,20,21). The lowest BCUT2D eigenvalue weighted by molar-refractivity contribution is 0.129. The summed E-state index contributed by atoms with van der Waals surface area (Å²) in [5.74, 6) is 1.43. The third kappa shape index (κ3) is 9.03. The number of aliphatic imine (C=N–C) groups is 1. The number of unbranched alkanes of at least 4 members (excludes halogenated alkanes) is 1. The van der Waals surface area contributed by atoms with Gasteiger partial charge >= 0.3 is 0 Å². The molecule has 0 amide bonds. The highest BCUT2D eigenvalue weighted by atomic mass is 16.5. The van der Waals surface area contributed by atoms with E-state index in [0.717, 1.165) is 50.7 Å². The smallest absolute Gasteiger partial charge is 0.213 e. The highest BCUT2D eigenvalue weighted by molar-refractivity contribution is 5.79. The van der Waals surface area contributed by atoms with Gasteiger partial charge in [0, 0.05) is 38.6 Å². The van der Waals surface area contributed by atoms with Crippen LogP contribution in [0.4, 0.5) is 0 Å². The van der Waals surface area contributed by atoms with Crippen LogP contribution in [0.5, 0.6) is 5.88 Å². The van der Waals surface area contributed by atoms with Gasteiger partial charge < -0.3 is 20.1 Å². The predicted molar refractivity (Wildman–Crippen MR) is 94.0 cm³/mol. The zero-order valence-electron chi connectivity index (χ0n) is 14.6. The fourth-order valence-electron chi connectivity index (χ4n) is 1.90. The summed E-state index contributed by atoms with van der Waals surface area (Å²) in [7, 11) is 1.61. The molecule has 6 heteroatoms. The van der Waals surface area contributed by atoms with Gasteiger partial charge in [0.25, 0.3) is 0 Å². The second kappa shape index (κ2) is 12.7. The van der Waals surface area contributed by atoms with Crippen molar-refractivity contribution in [1.29, 1.82) is 0 Å². The molecule has 0 aliphatic carbocycles. The zero-order chi connectivity index (χ0) is 16.8. The van der Waals surface area contributed by atoms with Gasteiger partial charge in [-0.1, -0.05) is 13.3 Å². The summed E-state index contributed by atoms with van der Waals surface area (Å²) in [5, 5.41) is 6.57. The Morgan fingerprint density at radius 3 is 2.78 bits per heavy atom. The van der Waals surface area contributed by atoms with Crippen LogP contribution in [-0.4, -0.2) is 44.4 Å². The maximum Gasteiger partial charge on any atom is 0.213 e. The highest BCUT2D eigenvalue weighted by Crippen LogP contribution is 2.09. The number of methoxy groups -OCH3 is 1. The first-order chi connectivity index (χ1) is 11.3. The second-order valence-electron chi connectivity index (χ2n) is 5.15. The summed E-state index contributed by atoms with van der Waals surface area (Å²) >= 11 is 0. The topological polar surface area (TPSA) is 67.8 Å². The van der Waals surface area contributed by atoms with Crippen LogP contribution in [0.25, 0.3) is 0 Å². The molecule has 0 aromatic carbocycles. The van der Waals surface area contributed by atoms with Crippen LogP contribution in [0.3, 0.4) is 0 Å². The van der Waals surface area contributed by atoms with Crippen molar-refractivity contribution in [2.24, 2.45) is 4.99 Å². The molecular formula is C17H30N4O2. The number of ether oxygens (including phenoxy) is 2. The number of aromatic nitrogens is 1. The van der Waals surface area contributed by atoms with Crippen LogP contribution >= 0.6 is 0 Å². The first-order valence-corrected chi connectivity index (χ1v) is 8.39. The van der Waals surface area contributed by atoms with E-state index < -0.39 is 0 Å². The molecule has 1 heterocycles. The monoisotopic (exact) mass is 322 g/mol. The van der Waals surface area contributed by atoms with Gasteiger partial charge in [-0.2, -0.15) is 0 Å². The average molecular weight is 322 g/mol. The molecule has 2 N–H and O–H groups in total. The Morgan fingerprint density at radius 2 is 2.04 bits per heavy atom. The lowest BCUT2D eigenvalue weighted by atomic mass is 10.3. The van der Waals surface area contributed by atoms with Gasteiger partial charge in [0.15, 0.2) is 5.96 Å². The van der Waals surface area contributed by atoms with Crippen molar-refractivity contribution in [3.63, 3.8) is 0 Å². The van der Waals surface area contributed by atoms with E-state index >= 15 is 0 Å². The number of nitrogens with one attached hydrogen (secondary N) is 2. The molecular weight excluding hydrogens is 292 g/mol. The summed E-state index contributed by atoms with van der Waals surface area (Å²) in [5.41, 5.74) is 1.07. The molecule has 0 bridgehead atoms. The first kappa shape index (κ1) is 19.2. The number of hydrogen-bond donors (Lipinski definition) is 2. The van der Waals surface area contributed by atoms with E-state index in [1.165, 1.54) is 6.42 Å². The Kier molecular flexibility index (Phi) is 10.6. The van der Waals surface area contributed by atoms with Crippen molar-refractivity contribution < 1.29 is 9.47 Å². The van der Waals surface area contributed by atoms with Crippen molar-refractivity contribution in [3.05, 3.63) is 23.9 Å². The predicted octanol–water partition coefficient (Wildman–Crippen LogP) is 2.35.